The first-order valence-corrected chi connectivity index (χ1v) is 5.44. The van der Waals surface area contributed by atoms with Gasteiger partial charge in [0.1, 0.15) is 12.7 Å². The summed E-state index contributed by atoms with van der Waals surface area (Å²) in [6.07, 6.45) is 2.82. The molecular weight excluding hydrogens is 230 g/mol. The van der Waals surface area contributed by atoms with Crippen molar-refractivity contribution < 1.29 is 4.79 Å². The van der Waals surface area contributed by atoms with Crippen molar-refractivity contribution in [2.24, 2.45) is 4.99 Å². The number of nitrogens with zero attached hydrogens (tertiary/aromatic N) is 4. The molecular formula is C12H13N5O. The number of hydrogen-bond acceptors (Lipinski definition) is 4. The minimum Gasteiger partial charge on any atom is -0.267 e. The van der Waals surface area contributed by atoms with Gasteiger partial charge >= 0.3 is 0 Å². The summed E-state index contributed by atoms with van der Waals surface area (Å²) in [5, 5.41) is 7.22. The third kappa shape index (κ3) is 2.79. The van der Waals surface area contributed by atoms with E-state index >= 15 is 0 Å². The number of nitrogens with one attached hydrogen (secondary N) is 1. The number of carbonyl (C=O) groups is 1. The van der Waals surface area contributed by atoms with Gasteiger partial charge in [-0.05, 0) is 26.0 Å². The Morgan fingerprint density at radius 2 is 1.89 bits per heavy atom. The molecule has 0 aliphatic rings. The van der Waals surface area contributed by atoms with Gasteiger partial charge in [-0.3, -0.25) is 15.2 Å². The molecule has 1 aromatic carbocycles. The highest BCUT2D eigenvalue weighted by molar-refractivity contribution is 6.04. The SMILES string of the molecule is CC(C)=Nc1ccccc1C(=O)Nn1cnnc1. The fourth-order valence-corrected chi connectivity index (χ4v) is 1.44. The first kappa shape index (κ1) is 12.0. The Kier molecular flexibility index (Phi) is 3.47. The second-order valence-electron chi connectivity index (χ2n) is 3.89. The Labute approximate surface area is 104 Å². The van der Waals surface area contributed by atoms with Crippen molar-refractivity contribution in [1.29, 1.82) is 0 Å². The highest BCUT2D eigenvalue weighted by atomic mass is 16.2. The topological polar surface area (TPSA) is 72.2 Å². The molecule has 0 bridgehead atoms. The highest BCUT2D eigenvalue weighted by Crippen LogP contribution is 2.19. The van der Waals surface area contributed by atoms with Crippen molar-refractivity contribution in [2.45, 2.75) is 13.8 Å². The summed E-state index contributed by atoms with van der Waals surface area (Å²) in [5.74, 6) is -0.254. The van der Waals surface area contributed by atoms with Crippen LogP contribution >= 0.6 is 0 Å². The summed E-state index contributed by atoms with van der Waals surface area (Å²) in [7, 11) is 0. The number of aliphatic imine (C=N–C) groups is 1. The third-order valence-electron chi connectivity index (χ3n) is 2.14. The summed E-state index contributed by atoms with van der Waals surface area (Å²) in [4.78, 5) is 16.4. The molecule has 0 aliphatic carbocycles. The fraction of sp³-hybridized carbons (Fsp3) is 0.167. The van der Waals surface area contributed by atoms with Crippen LogP contribution in [0.3, 0.4) is 0 Å². The van der Waals surface area contributed by atoms with Crippen LogP contribution in [0.15, 0.2) is 41.9 Å². The molecule has 2 rings (SSSR count). The second-order valence-corrected chi connectivity index (χ2v) is 3.89. The summed E-state index contributed by atoms with van der Waals surface area (Å²) in [5.41, 5.74) is 4.67. The molecule has 0 atom stereocenters. The maximum absolute atomic E-state index is 12.1. The van der Waals surface area contributed by atoms with Gasteiger partial charge in [0.25, 0.3) is 5.91 Å². The molecule has 1 N–H and O–H groups in total. The van der Waals surface area contributed by atoms with Gasteiger partial charge in [-0.2, -0.15) is 0 Å². The van der Waals surface area contributed by atoms with Crippen LogP contribution in [0.5, 0.6) is 0 Å². The molecule has 1 aromatic heterocycles. The maximum atomic E-state index is 12.1. The molecule has 2 aromatic rings. The molecule has 6 heteroatoms. The van der Waals surface area contributed by atoms with E-state index in [9.17, 15) is 4.79 Å². The molecule has 0 spiro atoms. The van der Waals surface area contributed by atoms with Gasteiger partial charge in [0, 0.05) is 5.71 Å². The van der Waals surface area contributed by atoms with E-state index in [-0.39, 0.29) is 5.91 Å². The predicted molar refractivity (Wildman–Crippen MR) is 68.6 cm³/mol. The summed E-state index contributed by atoms with van der Waals surface area (Å²) in [6, 6.07) is 7.16. The highest BCUT2D eigenvalue weighted by Gasteiger charge is 2.10. The molecule has 0 unspecified atom stereocenters. The first-order chi connectivity index (χ1) is 8.66. The third-order valence-corrected chi connectivity index (χ3v) is 2.14. The van der Waals surface area contributed by atoms with Crippen LogP contribution in [0, 0.1) is 0 Å². The van der Waals surface area contributed by atoms with Crippen LogP contribution < -0.4 is 5.43 Å². The monoisotopic (exact) mass is 243 g/mol. The second kappa shape index (κ2) is 5.22. The minimum atomic E-state index is -0.254. The Morgan fingerprint density at radius 3 is 2.56 bits per heavy atom. The number of carbonyl (C=O) groups excluding carboxylic acids is 1. The molecule has 18 heavy (non-hydrogen) atoms. The lowest BCUT2D eigenvalue weighted by Crippen LogP contribution is -2.21. The molecule has 1 heterocycles. The van der Waals surface area contributed by atoms with Gasteiger partial charge in [0.15, 0.2) is 0 Å². The number of benzene rings is 1. The van der Waals surface area contributed by atoms with E-state index in [2.05, 4.69) is 20.6 Å². The zero-order chi connectivity index (χ0) is 13.0. The first-order valence-electron chi connectivity index (χ1n) is 5.44. The number of amides is 1. The van der Waals surface area contributed by atoms with E-state index in [4.69, 9.17) is 0 Å². The number of rotatable bonds is 3. The average Bonchev–Trinajstić information content (AvgIpc) is 2.81. The van der Waals surface area contributed by atoms with Crippen LogP contribution in [0.4, 0.5) is 5.69 Å². The Bertz CT molecular complexity index is 570. The molecule has 0 radical (unpaired) electrons. The van der Waals surface area contributed by atoms with Gasteiger partial charge in [-0.1, -0.05) is 12.1 Å². The van der Waals surface area contributed by atoms with E-state index in [1.165, 1.54) is 17.3 Å². The van der Waals surface area contributed by atoms with Crippen LogP contribution in [-0.4, -0.2) is 26.5 Å². The smallest absolute Gasteiger partial charge is 0.267 e. The van der Waals surface area contributed by atoms with Crippen molar-refractivity contribution in [2.75, 3.05) is 5.43 Å². The Balaban J connectivity index is 2.27. The van der Waals surface area contributed by atoms with Crippen LogP contribution in [0.2, 0.25) is 0 Å². The lowest BCUT2D eigenvalue weighted by molar-refractivity contribution is 0.101. The van der Waals surface area contributed by atoms with Crippen molar-refractivity contribution in [3.63, 3.8) is 0 Å². The quantitative estimate of drug-likeness (QED) is 0.835. The van der Waals surface area contributed by atoms with E-state index in [0.717, 1.165) is 5.71 Å². The lowest BCUT2D eigenvalue weighted by atomic mass is 10.1. The molecule has 92 valence electrons. The predicted octanol–water partition coefficient (Wildman–Crippen LogP) is 1.77. The zero-order valence-corrected chi connectivity index (χ0v) is 10.2. The van der Waals surface area contributed by atoms with Crippen LogP contribution in [0.1, 0.15) is 24.2 Å². The van der Waals surface area contributed by atoms with E-state index in [1.54, 1.807) is 18.2 Å². The van der Waals surface area contributed by atoms with Crippen molar-refractivity contribution >= 4 is 17.3 Å². The number of para-hydroxylation sites is 1. The van der Waals surface area contributed by atoms with Gasteiger partial charge in [-0.25, -0.2) is 4.68 Å². The number of aromatic nitrogens is 3. The standard InChI is InChI=1S/C12H13N5O/c1-9(2)15-11-6-4-3-5-10(11)12(18)16-17-7-13-14-8-17/h3-8H,1-2H3,(H,16,18). The average molecular weight is 243 g/mol. The van der Waals surface area contributed by atoms with E-state index in [0.29, 0.717) is 11.3 Å². The van der Waals surface area contributed by atoms with Gasteiger partial charge in [0.05, 0.1) is 11.3 Å². The van der Waals surface area contributed by atoms with Crippen molar-refractivity contribution in [1.82, 2.24) is 14.9 Å². The normalized spacial score (nSPS) is 9.89. The van der Waals surface area contributed by atoms with E-state index in [1.807, 2.05) is 19.9 Å². The fourth-order valence-electron chi connectivity index (χ4n) is 1.44. The van der Waals surface area contributed by atoms with Crippen LogP contribution in [0.25, 0.3) is 0 Å². The van der Waals surface area contributed by atoms with E-state index < -0.39 is 0 Å². The largest absolute Gasteiger partial charge is 0.272 e. The van der Waals surface area contributed by atoms with Crippen molar-refractivity contribution in [3.8, 4) is 0 Å². The van der Waals surface area contributed by atoms with Gasteiger partial charge in [0.2, 0.25) is 0 Å². The molecule has 0 saturated carbocycles. The summed E-state index contributed by atoms with van der Waals surface area (Å²) in [6.45, 7) is 3.77. The van der Waals surface area contributed by atoms with Gasteiger partial charge < -0.3 is 0 Å². The molecule has 0 aliphatic heterocycles. The van der Waals surface area contributed by atoms with Gasteiger partial charge in [-0.15, -0.1) is 10.2 Å². The molecule has 6 nitrogen and oxygen atoms in total. The summed E-state index contributed by atoms with van der Waals surface area (Å²) >= 11 is 0. The minimum absolute atomic E-state index is 0.254. The molecule has 0 saturated heterocycles. The maximum Gasteiger partial charge on any atom is 0.272 e. The van der Waals surface area contributed by atoms with Crippen LogP contribution in [-0.2, 0) is 0 Å². The summed E-state index contributed by atoms with van der Waals surface area (Å²) < 4.78 is 1.39. The Hall–Kier alpha value is -2.50. The lowest BCUT2D eigenvalue weighted by Gasteiger charge is -2.07. The molecule has 1 amide bonds. The molecule has 0 fully saturated rings. The van der Waals surface area contributed by atoms with Crippen molar-refractivity contribution in [3.05, 3.63) is 42.5 Å². The number of hydrogen-bond donors (Lipinski definition) is 1. The zero-order valence-electron chi connectivity index (χ0n) is 10.2. The Morgan fingerprint density at radius 1 is 1.22 bits per heavy atom.